The molecule has 12 heavy (non-hydrogen) atoms. The molecule has 0 fully saturated rings. The van der Waals surface area contributed by atoms with Gasteiger partial charge >= 0.3 is 0 Å². The number of hydrogen-bond donors (Lipinski definition) is 0. The summed E-state index contributed by atoms with van der Waals surface area (Å²) in [5, 5.41) is 2.28. The lowest BCUT2D eigenvalue weighted by Crippen LogP contribution is -1.83. The molecule has 0 radical (unpaired) electrons. The first kappa shape index (κ1) is 8.46. The fraction of sp³-hybridized carbons (Fsp3) is 0.111. The summed E-state index contributed by atoms with van der Waals surface area (Å²) in [5.41, 5.74) is 1.91. The van der Waals surface area contributed by atoms with E-state index in [2.05, 4.69) is 16.8 Å². The van der Waals surface area contributed by atoms with Crippen molar-refractivity contribution in [3.8, 4) is 0 Å². The van der Waals surface area contributed by atoms with Crippen LogP contribution < -0.4 is 0 Å². The van der Waals surface area contributed by atoms with E-state index in [1.807, 2.05) is 31.2 Å². The van der Waals surface area contributed by atoms with Crippen molar-refractivity contribution in [1.82, 2.24) is 0 Å². The maximum atomic E-state index is 9.72. The lowest BCUT2D eigenvalue weighted by molar-refractivity contribution is 0.292. The van der Waals surface area contributed by atoms with Crippen molar-refractivity contribution >= 4 is 5.76 Å². The first-order valence-electron chi connectivity index (χ1n) is 3.49. The topological polar surface area (TPSA) is 38.7 Å². The molecule has 0 N–H and O–H groups in total. The van der Waals surface area contributed by atoms with Crippen LogP contribution in [0.3, 0.4) is 0 Å². The van der Waals surface area contributed by atoms with E-state index in [9.17, 15) is 4.91 Å². The molecule has 0 atom stereocenters. The van der Waals surface area contributed by atoms with Gasteiger partial charge in [-0.15, -0.1) is 4.91 Å². The standard InChI is InChI=1S/C9H9NO2/c1-7-3-5-9(6-4-7)8(2)12-10-11/h3-6H,2H2,1H3. The summed E-state index contributed by atoms with van der Waals surface area (Å²) >= 11 is 0. The molecule has 0 aliphatic heterocycles. The molecule has 0 saturated carbocycles. The van der Waals surface area contributed by atoms with Gasteiger partial charge in [0.25, 0.3) is 0 Å². The van der Waals surface area contributed by atoms with E-state index < -0.39 is 0 Å². The molecule has 0 aliphatic carbocycles. The van der Waals surface area contributed by atoms with E-state index in [-0.39, 0.29) is 5.76 Å². The minimum absolute atomic E-state index is 0.269. The van der Waals surface area contributed by atoms with Crippen LogP contribution in [0.15, 0.2) is 36.2 Å². The Bertz CT molecular complexity index is 290. The van der Waals surface area contributed by atoms with Gasteiger partial charge in [0.15, 0.2) is 11.1 Å². The fourth-order valence-electron chi connectivity index (χ4n) is 0.837. The molecule has 0 aliphatic rings. The zero-order valence-electron chi connectivity index (χ0n) is 6.78. The van der Waals surface area contributed by atoms with E-state index in [1.165, 1.54) is 0 Å². The minimum Gasteiger partial charge on any atom is -0.324 e. The first-order chi connectivity index (χ1) is 5.74. The summed E-state index contributed by atoms with van der Waals surface area (Å²) in [5.74, 6) is 0.269. The van der Waals surface area contributed by atoms with Gasteiger partial charge in [0, 0.05) is 5.56 Å². The van der Waals surface area contributed by atoms with Crippen molar-refractivity contribution in [3.63, 3.8) is 0 Å². The Morgan fingerprint density at radius 2 is 2.00 bits per heavy atom. The quantitative estimate of drug-likeness (QED) is 0.390. The van der Waals surface area contributed by atoms with Crippen LogP contribution >= 0.6 is 0 Å². The summed E-state index contributed by atoms with van der Waals surface area (Å²) in [6, 6.07) is 7.47. The second kappa shape index (κ2) is 3.67. The predicted octanol–water partition coefficient (Wildman–Crippen LogP) is 2.66. The van der Waals surface area contributed by atoms with Gasteiger partial charge in [0.2, 0.25) is 0 Å². The van der Waals surface area contributed by atoms with Crippen molar-refractivity contribution in [2.24, 2.45) is 5.34 Å². The number of aryl methyl sites for hydroxylation is 1. The van der Waals surface area contributed by atoms with Gasteiger partial charge in [-0.25, -0.2) is 0 Å². The third kappa shape index (κ3) is 1.92. The monoisotopic (exact) mass is 163 g/mol. The SMILES string of the molecule is C=C(ON=O)c1ccc(C)cc1. The van der Waals surface area contributed by atoms with Gasteiger partial charge in [-0.3, -0.25) is 0 Å². The van der Waals surface area contributed by atoms with E-state index in [0.717, 1.165) is 11.1 Å². The van der Waals surface area contributed by atoms with Crippen molar-refractivity contribution < 1.29 is 4.84 Å². The molecule has 0 unspecified atom stereocenters. The minimum atomic E-state index is 0.269. The Morgan fingerprint density at radius 1 is 1.42 bits per heavy atom. The van der Waals surface area contributed by atoms with Gasteiger partial charge in [-0.2, -0.15) is 0 Å². The van der Waals surface area contributed by atoms with Crippen molar-refractivity contribution in [2.45, 2.75) is 6.92 Å². The Labute approximate surface area is 70.6 Å². The summed E-state index contributed by atoms with van der Waals surface area (Å²) in [7, 11) is 0. The average molecular weight is 163 g/mol. The number of nitrogens with zero attached hydrogens (tertiary/aromatic N) is 1. The third-order valence-electron chi connectivity index (χ3n) is 1.52. The zero-order chi connectivity index (χ0) is 8.97. The molecule has 0 saturated heterocycles. The molecular weight excluding hydrogens is 154 g/mol. The predicted molar refractivity (Wildman–Crippen MR) is 47.1 cm³/mol. The molecule has 1 aromatic rings. The number of rotatable bonds is 3. The van der Waals surface area contributed by atoms with Crippen LogP contribution in [0.5, 0.6) is 0 Å². The molecule has 0 bridgehead atoms. The normalized spacial score (nSPS) is 9.08. The Morgan fingerprint density at radius 3 is 2.50 bits per heavy atom. The van der Waals surface area contributed by atoms with E-state index >= 15 is 0 Å². The van der Waals surface area contributed by atoms with Gasteiger partial charge in [-0.05, 0) is 6.92 Å². The van der Waals surface area contributed by atoms with Crippen LogP contribution in [0.1, 0.15) is 11.1 Å². The van der Waals surface area contributed by atoms with Gasteiger partial charge in [-0.1, -0.05) is 36.4 Å². The largest absolute Gasteiger partial charge is 0.324 e. The first-order valence-corrected chi connectivity index (χ1v) is 3.49. The Kier molecular flexibility index (Phi) is 2.58. The molecule has 1 rings (SSSR count). The van der Waals surface area contributed by atoms with Crippen molar-refractivity contribution in [3.05, 3.63) is 46.9 Å². The van der Waals surface area contributed by atoms with Gasteiger partial charge in [0.1, 0.15) is 0 Å². The van der Waals surface area contributed by atoms with Crippen LogP contribution in [0.2, 0.25) is 0 Å². The molecule has 0 aromatic heterocycles. The average Bonchev–Trinajstić information content (AvgIpc) is 2.06. The highest BCUT2D eigenvalue weighted by Crippen LogP contribution is 2.14. The molecule has 0 spiro atoms. The molecule has 3 nitrogen and oxygen atoms in total. The molecule has 1 aromatic carbocycles. The maximum Gasteiger partial charge on any atom is 0.161 e. The van der Waals surface area contributed by atoms with Crippen molar-refractivity contribution in [1.29, 1.82) is 0 Å². The highest BCUT2D eigenvalue weighted by Gasteiger charge is 1.98. The van der Waals surface area contributed by atoms with Crippen LogP contribution in [-0.2, 0) is 4.84 Å². The molecule has 62 valence electrons. The van der Waals surface area contributed by atoms with Gasteiger partial charge < -0.3 is 4.84 Å². The lowest BCUT2D eigenvalue weighted by Gasteiger charge is -1.99. The van der Waals surface area contributed by atoms with Crippen LogP contribution in [0.25, 0.3) is 5.76 Å². The van der Waals surface area contributed by atoms with Crippen LogP contribution in [0, 0.1) is 11.8 Å². The van der Waals surface area contributed by atoms with Gasteiger partial charge in [0.05, 0.1) is 0 Å². The summed E-state index contributed by atoms with van der Waals surface area (Å²) < 4.78 is 0. The Hall–Kier alpha value is -1.64. The number of benzene rings is 1. The summed E-state index contributed by atoms with van der Waals surface area (Å²) in [6.45, 7) is 5.51. The van der Waals surface area contributed by atoms with E-state index in [0.29, 0.717) is 0 Å². The maximum absolute atomic E-state index is 9.72. The summed E-state index contributed by atoms with van der Waals surface area (Å²) in [6.07, 6.45) is 0. The highest BCUT2D eigenvalue weighted by atomic mass is 16.7. The Balaban J connectivity index is 2.82. The van der Waals surface area contributed by atoms with Crippen LogP contribution in [0.4, 0.5) is 0 Å². The van der Waals surface area contributed by atoms with Crippen LogP contribution in [-0.4, -0.2) is 0 Å². The van der Waals surface area contributed by atoms with E-state index in [1.54, 1.807) is 0 Å². The number of hydrogen-bond acceptors (Lipinski definition) is 3. The zero-order valence-corrected chi connectivity index (χ0v) is 6.78. The molecule has 3 heteroatoms. The smallest absolute Gasteiger partial charge is 0.161 e. The second-order valence-electron chi connectivity index (χ2n) is 2.46. The molecule has 0 amide bonds. The third-order valence-corrected chi connectivity index (χ3v) is 1.52. The molecule has 0 heterocycles. The second-order valence-corrected chi connectivity index (χ2v) is 2.46. The lowest BCUT2D eigenvalue weighted by atomic mass is 10.1. The highest BCUT2D eigenvalue weighted by molar-refractivity contribution is 5.57. The van der Waals surface area contributed by atoms with Crippen molar-refractivity contribution in [2.75, 3.05) is 0 Å². The fourth-order valence-corrected chi connectivity index (χ4v) is 0.837. The molecular formula is C9H9NO2. The van der Waals surface area contributed by atoms with E-state index in [4.69, 9.17) is 0 Å². The summed E-state index contributed by atoms with van der Waals surface area (Å²) in [4.78, 5) is 14.1.